The summed E-state index contributed by atoms with van der Waals surface area (Å²) >= 11 is 7.07. The van der Waals surface area contributed by atoms with Crippen molar-refractivity contribution in [2.75, 3.05) is 0 Å². The molecule has 0 radical (unpaired) electrons. The summed E-state index contributed by atoms with van der Waals surface area (Å²) in [5, 5.41) is 11.9. The molecule has 1 aromatic carbocycles. The fourth-order valence-electron chi connectivity index (χ4n) is 1.47. The SMILES string of the molecule is OC(Cc1ccc(Cl)c(F)c1)c1cccs1. The summed E-state index contributed by atoms with van der Waals surface area (Å²) in [6, 6.07) is 8.34. The minimum Gasteiger partial charge on any atom is -0.387 e. The van der Waals surface area contributed by atoms with Crippen molar-refractivity contribution in [3.05, 3.63) is 57.0 Å². The van der Waals surface area contributed by atoms with E-state index in [1.807, 2.05) is 17.5 Å². The molecule has 0 fully saturated rings. The molecule has 2 aromatic rings. The van der Waals surface area contributed by atoms with Gasteiger partial charge in [-0.3, -0.25) is 0 Å². The standard InChI is InChI=1S/C12H10ClFOS/c13-9-4-3-8(6-10(9)14)7-11(15)12-2-1-5-16-12/h1-6,11,15H,7H2. The fourth-order valence-corrected chi connectivity index (χ4v) is 2.30. The molecule has 1 aromatic heterocycles. The van der Waals surface area contributed by atoms with Crippen LogP contribution in [0.2, 0.25) is 5.02 Å². The van der Waals surface area contributed by atoms with Crippen molar-refractivity contribution < 1.29 is 9.50 Å². The van der Waals surface area contributed by atoms with Crippen LogP contribution < -0.4 is 0 Å². The first-order chi connectivity index (χ1) is 7.66. The van der Waals surface area contributed by atoms with Crippen LogP contribution in [-0.2, 0) is 6.42 Å². The van der Waals surface area contributed by atoms with Crippen molar-refractivity contribution in [2.24, 2.45) is 0 Å². The van der Waals surface area contributed by atoms with Gasteiger partial charge in [0.1, 0.15) is 5.82 Å². The Morgan fingerprint density at radius 1 is 1.38 bits per heavy atom. The molecular formula is C12H10ClFOS. The van der Waals surface area contributed by atoms with Crippen molar-refractivity contribution in [2.45, 2.75) is 12.5 Å². The molecule has 1 heterocycles. The van der Waals surface area contributed by atoms with E-state index in [2.05, 4.69) is 0 Å². The minimum atomic E-state index is -0.583. The highest BCUT2D eigenvalue weighted by atomic mass is 35.5. The molecular weight excluding hydrogens is 247 g/mol. The molecule has 0 bridgehead atoms. The Morgan fingerprint density at radius 2 is 2.19 bits per heavy atom. The molecule has 0 spiro atoms. The molecule has 0 aliphatic rings. The first-order valence-corrected chi connectivity index (χ1v) is 6.08. The Labute approximate surface area is 102 Å². The maximum Gasteiger partial charge on any atom is 0.142 e. The lowest BCUT2D eigenvalue weighted by atomic mass is 10.1. The summed E-state index contributed by atoms with van der Waals surface area (Å²) in [7, 11) is 0. The van der Waals surface area contributed by atoms with E-state index < -0.39 is 11.9 Å². The molecule has 84 valence electrons. The maximum atomic E-state index is 13.2. The number of benzene rings is 1. The normalized spacial score (nSPS) is 12.7. The van der Waals surface area contributed by atoms with Gasteiger partial charge in [-0.1, -0.05) is 23.7 Å². The van der Waals surface area contributed by atoms with Crippen molar-refractivity contribution in [1.82, 2.24) is 0 Å². The van der Waals surface area contributed by atoms with E-state index in [9.17, 15) is 9.50 Å². The zero-order chi connectivity index (χ0) is 11.5. The van der Waals surface area contributed by atoms with Gasteiger partial charge in [0.15, 0.2) is 0 Å². The first kappa shape index (κ1) is 11.6. The van der Waals surface area contributed by atoms with Crippen LogP contribution in [0.4, 0.5) is 4.39 Å². The molecule has 1 N–H and O–H groups in total. The van der Waals surface area contributed by atoms with E-state index in [-0.39, 0.29) is 5.02 Å². The monoisotopic (exact) mass is 256 g/mol. The molecule has 0 aliphatic heterocycles. The van der Waals surface area contributed by atoms with Gasteiger partial charge in [0.25, 0.3) is 0 Å². The fraction of sp³-hybridized carbons (Fsp3) is 0.167. The van der Waals surface area contributed by atoms with E-state index in [1.165, 1.54) is 23.5 Å². The van der Waals surface area contributed by atoms with Gasteiger partial charge >= 0.3 is 0 Å². The van der Waals surface area contributed by atoms with E-state index in [1.54, 1.807) is 6.07 Å². The summed E-state index contributed by atoms with van der Waals surface area (Å²) in [4.78, 5) is 0.885. The number of aliphatic hydroxyl groups excluding tert-OH is 1. The number of hydrogen-bond donors (Lipinski definition) is 1. The van der Waals surface area contributed by atoms with Gasteiger partial charge in [-0.2, -0.15) is 0 Å². The second-order valence-electron chi connectivity index (χ2n) is 3.48. The van der Waals surface area contributed by atoms with Crippen molar-refractivity contribution >= 4 is 22.9 Å². The lowest BCUT2D eigenvalue weighted by Gasteiger charge is -2.08. The van der Waals surface area contributed by atoms with Crippen LogP contribution in [-0.4, -0.2) is 5.11 Å². The third-order valence-corrected chi connectivity index (χ3v) is 3.56. The van der Waals surface area contributed by atoms with Crippen LogP contribution in [0.15, 0.2) is 35.7 Å². The molecule has 0 saturated heterocycles. The van der Waals surface area contributed by atoms with Crippen molar-refractivity contribution in [3.63, 3.8) is 0 Å². The number of hydrogen-bond acceptors (Lipinski definition) is 2. The summed E-state index contributed by atoms with van der Waals surface area (Å²) in [6.45, 7) is 0. The molecule has 1 unspecified atom stereocenters. The zero-order valence-electron chi connectivity index (χ0n) is 8.36. The van der Waals surface area contributed by atoms with E-state index >= 15 is 0 Å². The first-order valence-electron chi connectivity index (χ1n) is 4.82. The van der Waals surface area contributed by atoms with E-state index in [4.69, 9.17) is 11.6 Å². The Kier molecular flexibility index (Phi) is 3.59. The lowest BCUT2D eigenvalue weighted by Crippen LogP contribution is -1.99. The molecule has 0 amide bonds. The average molecular weight is 257 g/mol. The van der Waals surface area contributed by atoms with Crippen LogP contribution in [0.1, 0.15) is 16.5 Å². The van der Waals surface area contributed by atoms with Crippen molar-refractivity contribution in [1.29, 1.82) is 0 Å². The topological polar surface area (TPSA) is 20.2 Å². The van der Waals surface area contributed by atoms with Crippen molar-refractivity contribution in [3.8, 4) is 0 Å². The van der Waals surface area contributed by atoms with Gasteiger partial charge in [-0.15, -0.1) is 11.3 Å². The predicted molar refractivity (Wildman–Crippen MR) is 64.4 cm³/mol. The lowest BCUT2D eigenvalue weighted by molar-refractivity contribution is 0.182. The largest absolute Gasteiger partial charge is 0.387 e. The van der Waals surface area contributed by atoms with E-state index in [0.717, 1.165) is 10.4 Å². The Morgan fingerprint density at radius 3 is 2.81 bits per heavy atom. The molecule has 4 heteroatoms. The highest BCUT2D eigenvalue weighted by Crippen LogP contribution is 2.24. The summed E-state index contributed by atoms with van der Waals surface area (Å²) in [5.41, 5.74) is 0.739. The van der Waals surface area contributed by atoms with Crippen LogP contribution in [0.3, 0.4) is 0 Å². The Bertz CT molecular complexity index is 470. The number of halogens is 2. The minimum absolute atomic E-state index is 0.106. The third kappa shape index (κ3) is 2.61. The second kappa shape index (κ2) is 4.95. The smallest absolute Gasteiger partial charge is 0.142 e. The summed E-state index contributed by atoms with van der Waals surface area (Å²) < 4.78 is 13.2. The van der Waals surface area contributed by atoms with Crippen LogP contribution in [0, 0.1) is 5.82 Å². The molecule has 1 atom stereocenters. The average Bonchev–Trinajstić information content (AvgIpc) is 2.77. The number of thiophene rings is 1. The second-order valence-corrected chi connectivity index (χ2v) is 4.87. The highest BCUT2D eigenvalue weighted by molar-refractivity contribution is 7.10. The molecule has 16 heavy (non-hydrogen) atoms. The van der Waals surface area contributed by atoms with Gasteiger partial charge in [-0.25, -0.2) is 4.39 Å². The van der Waals surface area contributed by atoms with Crippen LogP contribution in [0.25, 0.3) is 0 Å². The van der Waals surface area contributed by atoms with Crippen LogP contribution >= 0.6 is 22.9 Å². The molecule has 0 aliphatic carbocycles. The molecule has 2 rings (SSSR count). The molecule has 0 saturated carbocycles. The van der Waals surface area contributed by atoms with Gasteiger partial charge in [0.2, 0.25) is 0 Å². The van der Waals surface area contributed by atoms with Gasteiger partial charge in [0, 0.05) is 11.3 Å². The van der Waals surface area contributed by atoms with E-state index in [0.29, 0.717) is 6.42 Å². The third-order valence-electron chi connectivity index (χ3n) is 2.28. The highest BCUT2D eigenvalue weighted by Gasteiger charge is 2.10. The quantitative estimate of drug-likeness (QED) is 0.885. The maximum absolute atomic E-state index is 13.2. The van der Waals surface area contributed by atoms with Gasteiger partial charge in [-0.05, 0) is 29.1 Å². The van der Waals surface area contributed by atoms with Gasteiger partial charge in [0.05, 0.1) is 11.1 Å². The summed E-state index contributed by atoms with van der Waals surface area (Å²) in [5.74, 6) is -0.447. The zero-order valence-corrected chi connectivity index (χ0v) is 9.93. The predicted octanol–water partition coefficient (Wildman–Crippen LogP) is 3.82. The number of rotatable bonds is 3. The Balaban J connectivity index is 2.12. The summed E-state index contributed by atoms with van der Waals surface area (Å²) in [6.07, 6.45) is -0.185. The number of aliphatic hydroxyl groups is 1. The Hall–Kier alpha value is -0.900. The molecule has 1 nitrogen and oxygen atoms in total. The van der Waals surface area contributed by atoms with Crippen LogP contribution in [0.5, 0.6) is 0 Å². The van der Waals surface area contributed by atoms with Gasteiger partial charge < -0.3 is 5.11 Å².